The van der Waals surface area contributed by atoms with Gasteiger partial charge in [0.2, 0.25) is 0 Å². The number of halogens is 2. The molecule has 0 aromatic rings. The molecule has 6 aliphatic rings. The molecule has 0 spiro atoms. The van der Waals surface area contributed by atoms with Crippen LogP contribution < -0.4 is 0 Å². The summed E-state index contributed by atoms with van der Waals surface area (Å²) in [4.78, 5) is 0. The summed E-state index contributed by atoms with van der Waals surface area (Å²) >= 11 is 5.95. The summed E-state index contributed by atoms with van der Waals surface area (Å²) < 4.78 is -0.00395. The summed E-state index contributed by atoms with van der Waals surface area (Å²) in [6.45, 7) is 21.7. The Kier molecular flexibility index (Phi) is 8.81. The highest BCUT2D eigenvalue weighted by atomic mass is 127. The first-order valence-electron chi connectivity index (χ1n) is 17.7. The molecule has 10 atom stereocenters. The third-order valence-corrected chi connectivity index (χ3v) is 22.0. The van der Waals surface area contributed by atoms with Crippen molar-refractivity contribution < 1.29 is 10.2 Å². The molecule has 0 saturated heterocycles. The molecule has 0 aliphatic heterocycles. The molecule has 6 saturated carbocycles. The Morgan fingerprint density at radius 1 is 0.707 bits per heavy atom. The third kappa shape index (κ3) is 4.36. The van der Waals surface area contributed by atoms with Crippen molar-refractivity contribution in [2.75, 3.05) is 0 Å². The Bertz CT molecular complexity index is 991. The molecule has 41 heavy (non-hydrogen) atoms. The second-order valence-electron chi connectivity index (χ2n) is 18.0. The van der Waals surface area contributed by atoms with Crippen molar-refractivity contribution in [3.8, 4) is 0 Å². The lowest BCUT2D eigenvalue weighted by molar-refractivity contribution is -0.255. The van der Waals surface area contributed by atoms with Gasteiger partial charge in [-0.25, -0.2) is 0 Å². The number of fused-ring (bicyclic) bond motifs is 7. The van der Waals surface area contributed by atoms with Gasteiger partial charge < -0.3 is 10.2 Å². The number of hydrogen-bond donors (Lipinski definition) is 2. The molecule has 6 aliphatic carbocycles. The van der Waals surface area contributed by atoms with E-state index in [4.69, 9.17) is 0 Å². The smallest absolute Gasteiger partial charge is 0.0707 e. The zero-order chi connectivity index (χ0) is 30.5. The van der Waals surface area contributed by atoms with Crippen LogP contribution in [0.15, 0.2) is 0 Å². The zero-order valence-electron chi connectivity index (χ0n) is 28.1. The van der Waals surface area contributed by atoms with E-state index in [0.29, 0.717) is 22.7 Å². The second-order valence-corrected chi connectivity index (χ2v) is 21.5. The van der Waals surface area contributed by atoms with Crippen molar-refractivity contribution in [1.29, 1.82) is 0 Å². The van der Waals surface area contributed by atoms with E-state index >= 15 is 0 Å². The first kappa shape index (κ1) is 33.7. The minimum absolute atomic E-state index is 0.0415. The minimum atomic E-state index is -0.263. The van der Waals surface area contributed by atoms with Gasteiger partial charge in [-0.15, -0.1) is 0 Å². The van der Waals surface area contributed by atoms with Crippen LogP contribution in [0.1, 0.15) is 159 Å². The molecule has 0 aromatic heterocycles. The van der Waals surface area contributed by atoms with Crippen molar-refractivity contribution >= 4 is 45.2 Å². The van der Waals surface area contributed by atoms with E-state index in [9.17, 15) is 10.2 Å². The van der Waals surface area contributed by atoms with Crippen LogP contribution >= 0.6 is 45.2 Å². The predicted octanol–water partition coefficient (Wildman–Crippen LogP) is 10.9. The minimum Gasteiger partial charge on any atom is -0.393 e. The monoisotopic (exact) mass is 794 g/mol. The fraction of sp³-hybridized carbons (Fsp3) is 1.00. The quantitative estimate of drug-likeness (QED) is 0.221. The average Bonchev–Trinajstić information content (AvgIpc) is 2.87. The maximum Gasteiger partial charge on any atom is 0.0707 e. The van der Waals surface area contributed by atoms with Crippen LogP contribution in [-0.4, -0.2) is 29.3 Å². The van der Waals surface area contributed by atoms with E-state index in [-0.39, 0.29) is 40.7 Å². The molecule has 0 radical (unpaired) electrons. The normalized spacial score (nSPS) is 53.8. The summed E-state index contributed by atoms with van der Waals surface area (Å²) in [5.74, 6) is 2.03. The number of alkyl halides is 2. The molecule has 6 fully saturated rings. The standard InChI is InChI=1S/C35H58I2O2.C2H6/c1-28(2)17-19-33(16-11-23-9-8-10-23)20-18-32(7)31(6)15-12-24-29(3,4)26(38)13-14-30(24,5)25(31)21-27(39)35(32,37)34(33,36)22-28;1-2/h23-27,38-39H,8-22H2,1-7H3;1-2H3/t24?,25?,26?,27?,30?,31?,32-,33?,34?,35?;/m0./s1. The Labute approximate surface area is 281 Å². The SMILES string of the molecule is CC.CC1(C)CCC2(CCC3CCC3)CC[C@@]3(C)C4(C)CCC5C(C)(C)C(O)CCC5(C)C4CC(O)C3(I)C2(I)C1. The summed E-state index contributed by atoms with van der Waals surface area (Å²) in [7, 11) is 0. The highest BCUT2D eigenvalue weighted by Crippen LogP contribution is 2.82. The number of rotatable bonds is 3. The fourth-order valence-corrected chi connectivity index (χ4v) is 17.5. The lowest BCUT2D eigenvalue weighted by Crippen LogP contribution is -2.80. The Morgan fingerprint density at radius 3 is 1.95 bits per heavy atom. The lowest BCUT2D eigenvalue weighted by atomic mass is 9.30. The Morgan fingerprint density at radius 2 is 1.34 bits per heavy atom. The van der Waals surface area contributed by atoms with Crippen molar-refractivity contribution in [3.63, 3.8) is 0 Å². The Balaban J connectivity index is 0.00000165. The van der Waals surface area contributed by atoms with E-state index in [1.807, 2.05) is 13.8 Å². The van der Waals surface area contributed by atoms with Gasteiger partial charge in [-0.3, -0.25) is 0 Å². The molecule has 9 unspecified atom stereocenters. The van der Waals surface area contributed by atoms with Gasteiger partial charge in [0.05, 0.1) is 15.6 Å². The van der Waals surface area contributed by atoms with E-state index < -0.39 is 0 Å². The van der Waals surface area contributed by atoms with E-state index in [1.54, 1.807) is 0 Å². The molecular weight excluding hydrogens is 730 g/mol. The molecule has 0 heterocycles. The van der Waals surface area contributed by atoms with Gasteiger partial charge in [0.25, 0.3) is 0 Å². The van der Waals surface area contributed by atoms with Gasteiger partial charge in [0.15, 0.2) is 0 Å². The topological polar surface area (TPSA) is 40.5 Å². The highest BCUT2D eigenvalue weighted by Gasteiger charge is 2.80. The van der Waals surface area contributed by atoms with E-state index in [1.165, 1.54) is 77.0 Å². The molecule has 2 N–H and O–H groups in total. The molecule has 238 valence electrons. The molecule has 4 heteroatoms. The largest absolute Gasteiger partial charge is 0.393 e. The van der Waals surface area contributed by atoms with E-state index in [0.717, 1.165) is 25.2 Å². The van der Waals surface area contributed by atoms with Crippen molar-refractivity contribution in [2.45, 2.75) is 178 Å². The maximum absolute atomic E-state index is 12.7. The van der Waals surface area contributed by atoms with Gasteiger partial charge in [-0.2, -0.15) is 0 Å². The van der Waals surface area contributed by atoms with Crippen molar-refractivity contribution in [3.05, 3.63) is 0 Å². The molecule has 2 nitrogen and oxygen atoms in total. The molecular formula is C37H64I2O2. The van der Waals surface area contributed by atoms with Crippen molar-refractivity contribution in [1.82, 2.24) is 0 Å². The number of aliphatic hydroxyl groups excluding tert-OH is 2. The van der Waals surface area contributed by atoms with Crippen LogP contribution in [0.3, 0.4) is 0 Å². The summed E-state index contributed by atoms with van der Waals surface area (Å²) in [5, 5.41) is 23.8. The van der Waals surface area contributed by atoms with Crippen LogP contribution in [0.2, 0.25) is 0 Å². The number of hydrogen-bond acceptors (Lipinski definition) is 2. The Hall–Kier alpha value is 1.38. The molecule has 6 rings (SSSR count). The average molecular weight is 795 g/mol. The van der Waals surface area contributed by atoms with Gasteiger partial charge in [0.1, 0.15) is 0 Å². The van der Waals surface area contributed by atoms with Gasteiger partial charge in [0, 0.05) is 3.42 Å². The summed E-state index contributed by atoms with van der Waals surface area (Å²) in [6.07, 6.45) is 18.8. The lowest BCUT2D eigenvalue weighted by Gasteiger charge is -2.79. The molecule has 0 aromatic carbocycles. The van der Waals surface area contributed by atoms with Crippen LogP contribution in [0.25, 0.3) is 0 Å². The molecule has 0 amide bonds. The van der Waals surface area contributed by atoms with Crippen molar-refractivity contribution in [2.24, 2.45) is 50.2 Å². The maximum atomic E-state index is 12.7. The van der Waals surface area contributed by atoms with Crippen LogP contribution in [0.5, 0.6) is 0 Å². The highest BCUT2D eigenvalue weighted by molar-refractivity contribution is 14.1. The van der Waals surface area contributed by atoms with Gasteiger partial charge >= 0.3 is 0 Å². The predicted molar refractivity (Wildman–Crippen MR) is 191 cm³/mol. The fourth-order valence-electron chi connectivity index (χ4n) is 12.8. The zero-order valence-corrected chi connectivity index (χ0v) is 32.5. The van der Waals surface area contributed by atoms with Crippen LogP contribution in [0, 0.1) is 50.2 Å². The number of aliphatic hydroxyl groups is 2. The summed E-state index contributed by atoms with van der Waals surface area (Å²) in [6, 6.07) is 0. The second kappa shape index (κ2) is 10.7. The van der Waals surface area contributed by atoms with Gasteiger partial charge in [-0.05, 0) is 127 Å². The molecule has 0 bridgehead atoms. The summed E-state index contributed by atoms with van der Waals surface area (Å²) in [5.41, 5.74) is 1.17. The first-order chi connectivity index (χ1) is 18.9. The van der Waals surface area contributed by atoms with Crippen LogP contribution in [-0.2, 0) is 0 Å². The third-order valence-electron chi connectivity index (χ3n) is 15.8. The van der Waals surface area contributed by atoms with E-state index in [2.05, 4.69) is 93.6 Å². The van der Waals surface area contributed by atoms with Crippen LogP contribution in [0.4, 0.5) is 0 Å². The first-order valence-corrected chi connectivity index (χ1v) is 19.8. The van der Waals surface area contributed by atoms with Gasteiger partial charge in [-0.1, -0.05) is 127 Å².